The zero-order valence-electron chi connectivity index (χ0n) is 9.15. The van der Waals surface area contributed by atoms with Gasteiger partial charge in [0.05, 0.1) is 22.1 Å². The van der Waals surface area contributed by atoms with Crippen LogP contribution in [0.5, 0.6) is 0 Å². The Morgan fingerprint density at radius 2 is 2.24 bits per heavy atom. The summed E-state index contributed by atoms with van der Waals surface area (Å²) in [7, 11) is 0. The summed E-state index contributed by atoms with van der Waals surface area (Å²) in [5.74, 6) is 0. The number of nitrogens with zero attached hydrogens (tertiary/aromatic N) is 1. The second-order valence-electron chi connectivity index (χ2n) is 4.29. The number of nitro benzene ring substituents is 1. The van der Waals surface area contributed by atoms with Crippen LogP contribution in [0.25, 0.3) is 0 Å². The molecule has 1 aromatic rings. The molecule has 0 aromatic heterocycles. The molecule has 1 aliphatic rings. The number of nitro groups is 1. The normalized spacial score (nSPS) is 16.8. The number of hydrogen-bond donors (Lipinski definition) is 2. The van der Waals surface area contributed by atoms with Gasteiger partial charge in [0.2, 0.25) is 0 Å². The van der Waals surface area contributed by atoms with Crippen molar-refractivity contribution in [3.63, 3.8) is 0 Å². The minimum absolute atomic E-state index is 0.0127. The Hall–Kier alpha value is -1.17. The van der Waals surface area contributed by atoms with Gasteiger partial charge in [-0.05, 0) is 18.9 Å². The van der Waals surface area contributed by atoms with Gasteiger partial charge in [0.1, 0.15) is 0 Å². The van der Waals surface area contributed by atoms with Crippen LogP contribution in [0.1, 0.15) is 18.4 Å². The van der Waals surface area contributed by atoms with Crippen LogP contribution in [0, 0.1) is 10.1 Å². The van der Waals surface area contributed by atoms with E-state index in [2.05, 4.69) is 5.32 Å². The van der Waals surface area contributed by atoms with Crippen LogP contribution in [0.3, 0.4) is 0 Å². The van der Waals surface area contributed by atoms with E-state index in [1.165, 1.54) is 6.07 Å². The molecule has 1 saturated carbocycles. The SMILES string of the molecule is O=[N+]([O-])c1cccc(Cl)c1CNC1(CO)CC1. The lowest BCUT2D eigenvalue weighted by atomic mass is 10.1. The predicted octanol–water partition coefficient (Wildman–Crippen LogP) is 1.86. The molecule has 0 spiro atoms. The Morgan fingerprint density at radius 1 is 1.53 bits per heavy atom. The fourth-order valence-corrected chi connectivity index (χ4v) is 1.95. The number of hydrogen-bond acceptors (Lipinski definition) is 4. The van der Waals surface area contributed by atoms with Crippen LogP contribution in [0.4, 0.5) is 5.69 Å². The van der Waals surface area contributed by atoms with Crippen molar-refractivity contribution in [2.45, 2.75) is 24.9 Å². The topological polar surface area (TPSA) is 75.4 Å². The molecule has 1 aliphatic carbocycles. The van der Waals surface area contributed by atoms with Gasteiger partial charge in [-0.25, -0.2) is 0 Å². The van der Waals surface area contributed by atoms with Crippen LogP contribution in [0.15, 0.2) is 18.2 Å². The standard InChI is InChI=1S/C11H13ClN2O3/c12-9-2-1-3-10(14(16)17)8(9)6-13-11(7-15)4-5-11/h1-3,13,15H,4-7H2. The molecule has 2 rings (SSSR count). The highest BCUT2D eigenvalue weighted by Crippen LogP contribution is 2.36. The molecule has 0 unspecified atom stereocenters. The van der Waals surface area contributed by atoms with E-state index in [1.54, 1.807) is 12.1 Å². The monoisotopic (exact) mass is 256 g/mol. The molecule has 1 fully saturated rings. The van der Waals surface area contributed by atoms with Crippen molar-refractivity contribution in [3.8, 4) is 0 Å². The third-order valence-corrected chi connectivity index (χ3v) is 3.44. The summed E-state index contributed by atoms with van der Waals surface area (Å²) in [5.41, 5.74) is 0.227. The number of rotatable bonds is 5. The van der Waals surface area contributed by atoms with E-state index in [4.69, 9.17) is 16.7 Å². The van der Waals surface area contributed by atoms with Gasteiger partial charge in [-0.2, -0.15) is 0 Å². The first-order chi connectivity index (χ1) is 8.08. The molecule has 0 amide bonds. The van der Waals surface area contributed by atoms with Gasteiger partial charge in [0.15, 0.2) is 0 Å². The second-order valence-corrected chi connectivity index (χ2v) is 4.69. The third kappa shape index (κ3) is 2.57. The molecule has 92 valence electrons. The Labute approximate surface area is 104 Å². The fourth-order valence-electron chi connectivity index (χ4n) is 1.71. The lowest BCUT2D eigenvalue weighted by Gasteiger charge is -2.14. The fraction of sp³-hybridized carbons (Fsp3) is 0.455. The number of halogens is 1. The Kier molecular flexibility index (Phi) is 3.33. The molecule has 0 radical (unpaired) electrons. The highest BCUT2D eigenvalue weighted by Gasteiger charge is 2.41. The number of nitrogens with one attached hydrogen (secondary N) is 1. The van der Waals surface area contributed by atoms with E-state index in [-0.39, 0.29) is 17.8 Å². The lowest BCUT2D eigenvalue weighted by Crippen LogP contribution is -2.34. The van der Waals surface area contributed by atoms with Crippen LogP contribution in [-0.4, -0.2) is 22.2 Å². The molecule has 0 saturated heterocycles. The molecular weight excluding hydrogens is 244 g/mol. The lowest BCUT2D eigenvalue weighted by molar-refractivity contribution is -0.385. The molecule has 1 aromatic carbocycles. The van der Waals surface area contributed by atoms with Gasteiger partial charge in [-0.1, -0.05) is 17.7 Å². The van der Waals surface area contributed by atoms with Crippen molar-refractivity contribution in [1.29, 1.82) is 0 Å². The maximum Gasteiger partial charge on any atom is 0.275 e. The number of aliphatic hydroxyl groups is 1. The zero-order valence-corrected chi connectivity index (χ0v) is 9.91. The van der Waals surface area contributed by atoms with Gasteiger partial charge in [-0.15, -0.1) is 0 Å². The molecule has 0 heterocycles. The van der Waals surface area contributed by atoms with Gasteiger partial charge >= 0.3 is 0 Å². The van der Waals surface area contributed by atoms with Gasteiger partial charge in [0, 0.05) is 18.2 Å². The zero-order chi connectivity index (χ0) is 12.5. The van der Waals surface area contributed by atoms with E-state index in [0.29, 0.717) is 17.1 Å². The minimum atomic E-state index is -0.443. The van der Waals surface area contributed by atoms with E-state index in [1.807, 2.05) is 0 Å². The van der Waals surface area contributed by atoms with E-state index in [0.717, 1.165) is 12.8 Å². The van der Waals surface area contributed by atoms with Crippen molar-refractivity contribution in [2.75, 3.05) is 6.61 Å². The summed E-state index contributed by atoms with van der Waals surface area (Å²) < 4.78 is 0. The number of benzene rings is 1. The smallest absolute Gasteiger partial charge is 0.275 e. The molecule has 17 heavy (non-hydrogen) atoms. The van der Waals surface area contributed by atoms with Crippen LogP contribution >= 0.6 is 11.6 Å². The van der Waals surface area contributed by atoms with Gasteiger partial charge in [-0.3, -0.25) is 10.1 Å². The summed E-state index contributed by atoms with van der Waals surface area (Å²) in [4.78, 5) is 10.4. The van der Waals surface area contributed by atoms with Crippen molar-refractivity contribution < 1.29 is 10.0 Å². The van der Waals surface area contributed by atoms with Gasteiger partial charge in [0.25, 0.3) is 5.69 Å². The van der Waals surface area contributed by atoms with E-state index < -0.39 is 4.92 Å². The maximum atomic E-state index is 10.9. The van der Waals surface area contributed by atoms with Crippen molar-refractivity contribution in [1.82, 2.24) is 5.32 Å². The summed E-state index contributed by atoms with van der Waals surface area (Å²) >= 11 is 5.96. The summed E-state index contributed by atoms with van der Waals surface area (Å²) in [6.45, 7) is 0.349. The van der Waals surface area contributed by atoms with Crippen LogP contribution in [0.2, 0.25) is 5.02 Å². The molecule has 0 bridgehead atoms. The summed E-state index contributed by atoms with van der Waals surface area (Å²) in [6, 6.07) is 4.62. The number of aliphatic hydroxyl groups excluding tert-OH is 1. The van der Waals surface area contributed by atoms with Crippen LogP contribution in [-0.2, 0) is 6.54 Å². The first-order valence-corrected chi connectivity index (χ1v) is 5.73. The second kappa shape index (κ2) is 4.60. The molecule has 5 nitrogen and oxygen atoms in total. The first-order valence-electron chi connectivity index (χ1n) is 5.36. The van der Waals surface area contributed by atoms with Crippen LogP contribution < -0.4 is 5.32 Å². The summed E-state index contributed by atoms with van der Waals surface area (Å²) in [6.07, 6.45) is 1.78. The molecule has 6 heteroatoms. The average molecular weight is 257 g/mol. The first kappa shape index (κ1) is 12.3. The molecule has 2 N–H and O–H groups in total. The van der Waals surface area contributed by atoms with Crippen molar-refractivity contribution in [2.24, 2.45) is 0 Å². The van der Waals surface area contributed by atoms with Gasteiger partial charge < -0.3 is 10.4 Å². The summed E-state index contributed by atoms with van der Waals surface area (Å²) in [5, 5.41) is 23.5. The Morgan fingerprint density at radius 3 is 2.76 bits per heavy atom. The maximum absolute atomic E-state index is 10.9. The largest absolute Gasteiger partial charge is 0.394 e. The third-order valence-electron chi connectivity index (χ3n) is 3.09. The Balaban J connectivity index is 2.17. The highest BCUT2D eigenvalue weighted by atomic mass is 35.5. The van der Waals surface area contributed by atoms with Crippen molar-refractivity contribution in [3.05, 3.63) is 38.9 Å². The average Bonchev–Trinajstić information content (AvgIpc) is 3.08. The Bertz CT molecular complexity index is 446. The van der Waals surface area contributed by atoms with E-state index in [9.17, 15) is 10.1 Å². The molecule has 0 atom stereocenters. The quantitative estimate of drug-likeness (QED) is 0.623. The van der Waals surface area contributed by atoms with Crippen molar-refractivity contribution >= 4 is 17.3 Å². The molecular formula is C11H13ClN2O3. The van der Waals surface area contributed by atoms with E-state index >= 15 is 0 Å². The predicted molar refractivity (Wildman–Crippen MR) is 64.0 cm³/mol. The highest BCUT2D eigenvalue weighted by molar-refractivity contribution is 6.31. The molecule has 0 aliphatic heterocycles. The minimum Gasteiger partial charge on any atom is -0.394 e.